The van der Waals surface area contributed by atoms with Crippen molar-refractivity contribution in [3.8, 4) is 0 Å². The lowest BCUT2D eigenvalue weighted by Crippen LogP contribution is -2.14. The summed E-state index contributed by atoms with van der Waals surface area (Å²) in [4.78, 5) is 12.1. The summed E-state index contributed by atoms with van der Waals surface area (Å²) in [6.07, 6.45) is 9.76. The van der Waals surface area contributed by atoms with Crippen LogP contribution in [0.1, 0.15) is 0 Å². The number of aromatic nitrogens is 3. The average molecular weight is 326 g/mol. The molecule has 116 valence electrons. The molecule has 3 rings (SSSR count). The van der Waals surface area contributed by atoms with E-state index in [4.69, 9.17) is 0 Å². The molecule has 0 unspecified atom stereocenters. The molecule has 3 N–H and O–H groups in total. The maximum Gasteiger partial charge on any atom is 0.352 e. The van der Waals surface area contributed by atoms with Gasteiger partial charge in [0.05, 0.1) is 35.7 Å². The average Bonchev–Trinajstić information content (AvgIpc) is 2.57. The van der Waals surface area contributed by atoms with Crippen molar-refractivity contribution in [1.29, 1.82) is 0 Å². The first kappa shape index (κ1) is 15.0. The molecule has 0 fully saturated rings. The normalized spacial score (nSPS) is 10.8. The van der Waals surface area contributed by atoms with Crippen molar-refractivity contribution in [3.63, 3.8) is 0 Å². The third-order valence-electron chi connectivity index (χ3n) is 2.84. The van der Waals surface area contributed by atoms with Gasteiger partial charge in [-0.2, -0.15) is 0 Å². The molecule has 0 atom stereocenters. The molecular formula is C15H15N6OP. The minimum absolute atomic E-state index is 0.628. The lowest BCUT2D eigenvalue weighted by molar-refractivity contribution is 0.585. The largest absolute Gasteiger partial charge is 0.352 e. The van der Waals surface area contributed by atoms with Gasteiger partial charge in [-0.15, -0.1) is 0 Å². The summed E-state index contributed by atoms with van der Waals surface area (Å²) in [7, 11) is -3.26. The van der Waals surface area contributed by atoms with Gasteiger partial charge in [-0.1, -0.05) is 0 Å². The fourth-order valence-electron chi connectivity index (χ4n) is 1.92. The summed E-state index contributed by atoms with van der Waals surface area (Å²) >= 11 is 0. The quantitative estimate of drug-likeness (QED) is 0.596. The summed E-state index contributed by atoms with van der Waals surface area (Å²) in [5.74, 6) is 0. The predicted octanol–water partition coefficient (Wildman–Crippen LogP) is 3.62. The molecule has 0 saturated carbocycles. The molecule has 0 radical (unpaired) electrons. The predicted molar refractivity (Wildman–Crippen MR) is 91.2 cm³/mol. The second-order valence-electron chi connectivity index (χ2n) is 4.67. The van der Waals surface area contributed by atoms with Gasteiger partial charge in [-0.05, 0) is 36.4 Å². The van der Waals surface area contributed by atoms with Gasteiger partial charge in [0, 0.05) is 18.6 Å². The van der Waals surface area contributed by atoms with Crippen LogP contribution in [0.4, 0.5) is 17.1 Å². The number of rotatable bonds is 6. The van der Waals surface area contributed by atoms with Crippen LogP contribution in [0, 0.1) is 0 Å². The molecule has 8 heteroatoms. The zero-order valence-electron chi connectivity index (χ0n) is 12.1. The van der Waals surface area contributed by atoms with Crippen LogP contribution >= 0.6 is 7.59 Å². The van der Waals surface area contributed by atoms with E-state index in [1.54, 1.807) is 73.6 Å². The molecule has 0 saturated heterocycles. The van der Waals surface area contributed by atoms with Gasteiger partial charge in [0.25, 0.3) is 0 Å². The molecule has 0 bridgehead atoms. The van der Waals surface area contributed by atoms with E-state index >= 15 is 0 Å². The van der Waals surface area contributed by atoms with Crippen LogP contribution in [-0.4, -0.2) is 15.0 Å². The summed E-state index contributed by atoms with van der Waals surface area (Å²) < 4.78 is 13.3. The number of nitrogens with one attached hydrogen (secondary N) is 3. The number of hydrogen-bond donors (Lipinski definition) is 3. The molecule has 0 amide bonds. The van der Waals surface area contributed by atoms with E-state index < -0.39 is 7.59 Å². The third kappa shape index (κ3) is 4.28. The van der Waals surface area contributed by atoms with Gasteiger partial charge < -0.3 is 15.3 Å². The molecule has 0 spiro atoms. The lowest BCUT2D eigenvalue weighted by Gasteiger charge is -2.23. The van der Waals surface area contributed by atoms with Crippen LogP contribution in [0.3, 0.4) is 0 Å². The van der Waals surface area contributed by atoms with Crippen molar-refractivity contribution in [2.24, 2.45) is 0 Å². The standard InChI is InChI=1S/C15H15N6OP/c22-23(19-13-4-1-7-16-10-13,20-14-5-2-8-17-11-14)21-15-6-3-9-18-12-15/h1-12H,(H3,19,20,21,22). The smallest absolute Gasteiger partial charge is 0.303 e. The van der Waals surface area contributed by atoms with E-state index in [-0.39, 0.29) is 0 Å². The number of pyridine rings is 3. The Labute approximate surface area is 133 Å². The van der Waals surface area contributed by atoms with E-state index in [9.17, 15) is 4.57 Å². The Kier molecular flexibility index (Phi) is 4.49. The van der Waals surface area contributed by atoms with E-state index in [2.05, 4.69) is 30.2 Å². The van der Waals surface area contributed by atoms with Gasteiger partial charge in [-0.3, -0.25) is 19.5 Å². The van der Waals surface area contributed by atoms with E-state index in [1.165, 1.54) is 0 Å². The van der Waals surface area contributed by atoms with Gasteiger partial charge >= 0.3 is 7.59 Å². The fourth-order valence-corrected chi connectivity index (χ4v) is 3.57. The Balaban J connectivity index is 1.87. The maximum absolute atomic E-state index is 13.3. The van der Waals surface area contributed by atoms with E-state index in [0.29, 0.717) is 17.1 Å². The molecule has 0 aliphatic rings. The van der Waals surface area contributed by atoms with Gasteiger partial charge in [-0.25, -0.2) is 0 Å². The molecule has 23 heavy (non-hydrogen) atoms. The highest BCUT2D eigenvalue weighted by Crippen LogP contribution is 2.44. The van der Waals surface area contributed by atoms with Crippen LogP contribution in [0.15, 0.2) is 73.6 Å². The fraction of sp³-hybridized carbons (Fsp3) is 0. The summed E-state index contributed by atoms with van der Waals surface area (Å²) in [5, 5.41) is 8.90. The van der Waals surface area contributed by atoms with Gasteiger partial charge in [0.1, 0.15) is 0 Å². The minimum Gasteiger partial charge on any atom is -0.303 e. The molecule has 3 aromatic heterocycles. The first-order valence-electron chi connectivity index (χ1n) is 6.88. The summed E-state index contributed by atoms with van der Waals surface area (Å²) in [6.45, 7) is 0. The van der Waals surface area contributed by atoms with Crippen molar-refractivity contribution in [2.45, 2.75) is 0 Å². The highest BCUT2D eigenvalue weighted by Gasteiger charge is 2.22. The van der Waals surface area contributed by atoms with Crippen LogP contribution in [-0.2, 0) is 4.57 Å². The maximum atomic E-state index is 13.3. The first-order valence-corrected chi connectivity index (χ1v) is 8.59. The topological polar surface area (TPSA) is 91.8 Å². The van der Waals surface area contributed by atoms with Crippen molar-refractivity contribution in [1.82, 2.24) is 15.0 Å². The van der Waals surface area contributed by atoms with Gasteiger partial charge in [0.2, 0.25) is 0 Å². The Hall–Kier alpha value is -2.92. The molecule has 0 aliphatic carbocycles. The van der Waals surface area contributed by atoms with E-state index in [1.807, 2.05) is 0 Å². The Morgan fingerprint density at radius 1 is 0.652 bits per heavy atom. The molecular weight excluding hydrogens is 311 g/mol. The highest BCUT2D eigenvalue weighted by molar-refractivity contribution is 7.68. The first-order chi connectivity index (χ1) is 11.2. The number of nitrogens with zero attached hydrogens (tertiary/aromatic N) is 3. The van der Waals surface area contributed by atoms with Crippen molar-refractivity contribution >= 4 is 24.7 Å². The molecule has 7 nitrogen and oxygen atoms in total. The Morgan fingerprint density at radius 3 is 1.26 bits per heavy atom. The number of hydrogen-bond acceptors (Lipinski definition) is 4. The zero-order chi connectivity index (χ0) is 16.0. The van der Waals surface area contributed by atoms with Crippen LogP contribution in [0.2, 0.25) is 0 Å². The van der Waals surface area contributed by atoms with Gasteiger partial charge in [0.15, 0.2) is 0 Å². The van der Waals surface area contributed by atoms with Crippen LogP contribution in [0.25, 0.3) is 0 Å². The zero-order valence-corrected chi connectivity index (χ0v) is 13.0. The Bertz CT molecular complexity index is 677. The molecule has 3 aromatic rings. The monoisotopic (exact) mass is 326 g/mol. The SMILES string of the molecule is O=P(Nc1cccnc1)(Nc1cccnc1)Nc1cccnc1. The highest BCUT2D eigenvalue weighted by atomic mass is 31.2. The molecule has 0 aliphatic heterocycles. The summed E-state index contributed by atoms with van der Waals surface area (Å²) in [5.41, 5.74) is 1.89. The number of anilines is 3. The lowest BCUT2D eigenvalue weighted by atomic mass is 10.4. The van der Waals surface area contributed by atoms with Crippen LogP contribution in [0.5, 0.6) is 0 Å². The van der Waals surface area contributed by atoms with Crippen molar-refractivity contribution in [3.05, 3.63) is 73.6 Å². The second kappa shape index (κ2) is 6.89. The van der Waals surface area contributed by atoms with E-state index in [0.717, 1.165) is 0 Å². The molecule has 3 heterocycles. The Morgan fingerprint density at radius 2 is 1.00 bits per heavy atom. The van der Waals surface area contributed by atoms with Crippen molar-refractivity contribution in [2.75, 3.05) is 15.3 Å². The third-order valence-corrected chi connectivity index (χ3v) is 4.56. The van der Waals surface area contributed by atoms with Crippen LogP contribution < -0.4 is 15.3 Å². The van der Waals surface area contributed by atoms with Crippen molar-refractivity contribution < 1.29 is 4.57 Å². The minimum atomic E-state index is -3.26. The second-order valence-corrected chi connectivity index (χ2v) is 6.56. The summed E-state index contributed by atoms with van der Waals surface area (Å²) in [6, 6.07) is 10.7. The molecule has 0 aromatic carbocycles.